The average molecular weight is 871 g/mol. The van der Waals surface area contributed by atoms with E-state index in [1.165, 1.54) is 0 Å². The van der Waals surface area contributed by atoms with Crippen molar-refractivity contribution >= 4 is 53.4 Å². The molecule has 0 radical (unpaired) electrons. The van der Waals surface area contributed by atoms with E-state index in [1.807, 2.05) is 0 Å². The predicted molar refractivity (Wildman–Crippen MR) is 234 cm³/mol. The number of guanidine groups is 3. The summed E-state index contributed by atoms with van der Waals surface area (Å²) in [5.74, 6) is -5.30. The highest BCUT2D eigenvalue weighted by Crippen LogP contribution is 2.10. The number of carboxylic acids is 1. The van der Waals surface area contributed by atoms with Crippen LogP contribution in [0.25, 0.3) is 0 Å². The number of nitrogens with one attached hydrogen (secondary N) is 5. The molecule has 6 atom stereocenters. The maximum absolute atomic E-state index is 14.0. The molecule has 0 spiro atoms. The van der Waals surface area contributed by atoms with Crippen molar-refractivity contribution in [2.24, 2.45) is 72.3 Å². The molecule has 25 heteroatoms. The van der Waals surface area contributed by atoms with E-state index in [0.717, 1.165) is 0 Å². The van der Waals surface area contributed by atoms with E-state index in [-0.39, 0.29) is 88.9 Å². The van der Waals surface area contributed by atoms with Gasteiger partial charge in [-0.15, -0.1) is 0 Å². The van der Waals surface area contributed by atoms with Gasteiger partial charge in [0.25, 0.3) is 0 Å². The van der Waals surface area contributed by atoms with Crippen LogP contribution in [0.4, 0.5) is 0 Å². The fourth-order valence-electron chi connectivity index (χ4n) is 5.84. The molecule has 350 valence electrons. The minimum absolute atomic E-state index is 0.00756. The molecular formula is C36H74N18O7. The summed E-state index contributed by atoms with van der Waals surface area (Å²) in [6, 6.07) is -7.09. The minimum atomic E-state index is -1.26. The zero-order valence-electron chi connectivity index (χ0n) is 35.3. The molecule has 0 aliphatic rings. The molecule has 0 heterocycles. The Bertz CT molecular complexity index is 1420. The highest BCUT2D eigenvalue weighted by atomic mass is 16.4. The van der Waals surface area contributed by atoms with Gasteiger partial charge in [-0.05, 0) is 116 Å². The van der Waals surface area contributed by atoms with Crippen LogP contribution in [-0.2, 0) is 28.8 Å². The molecule has 26 N–H and O–H groups in total. The smallest absolute Gasteiger partial charge is 0.326 e. The van der Waals surface area contributed by atoms with Gasteiger partial charge in [-0.3, -0.25) is 38.9 Å². The van der Waals surface area contributed by atoms with Crippen molar-refractivity contribution in [3.05, 3.63) is 0 Å². The summed E-state index contributed by atoms with van der Waals surface area (Å²) in [5.41, 5.74) is 55.6. The van der Waals surface area contributed by atoms with Gasteiger partial charge < -0.3 is 89.0 Å². The monoisotopic (exact) mass is 871 g/mol. The summed E-state index contributed by atoms with van der Waals surface area (Å²) in [5, 5.41) is 23.0. The van der Waals surface area contributed by atoms with Gasteiger partial charge in [0, 0.05) is 19.6 Å². The van der Waals surface area contributed by atoms with Crippen molar-refractivity contribution in [1.29, 1.82) is 0 Å². The maximum Gasteiger partial charge on any atom is 0.326 e. The quantitative estimate of drug-likeness (QED) is 0.0160. The first-order valence-electron chi connectivity index (χ1n) is 20.7. The normalized spacial score (nSPS) is 13.8. The number of aliphatic imine (C=N–C) groups is 3. The summed E-state index contributed by atoms with van der Waals surface area (Å²) in [4.78, 5) is 92.1. The average Bonchev–Trinajstić information content (AvgIpc) is 3.19. The molecule has 61 heavy (non-hydrogen) atoms. The number of carbonyl (C=O) groups is 6. The molecule has 0 bridgehead atoms. The molecule has 5 amide bonds. The van der Waals surface area contributed by atoms with Gasteiger partial charge in [0.15, 0.2) is 17.9 Å². The second-order valence-electron chi connectivity index (χ2n) is 14.5. The Morgan fingerprint density at radius 2 is 0.656 bits per heavy atom. The van der Waals surface area contributed by atoms with Crippen LogP contribution in [0, 0.1) is 0 Å². The Morgan fingerprint density at radius 1 is 0.393 bits per heavy atom. The van der Waals surface area contributed by atoms with Crippen molar-refractivity contribution in [1.82, 2.24) is 26.6 Å². The summed E-state index contributed by atoms with van der Waals surface area (Å²) in [7, 11) is 0. The van der Waals surface area contributed by atoms with Crippen LogP contribution in [0.1, 0.15) is 96.3 Å². The Labute approximate surface area is 357 Å². The fraction of sp³-hybridized carbons (Fsp3) is 0.750. The van der Waals surface area contributed by atoms with E-state index in [1.54, 1.807) is 0 Å². The SMILES string of the molecule is NCCCC[C@H](NC(=O)[C@H](CCCN=C(N)N)NC(=O)[C@H](CCCCN)NC(=O)[C@H](CCCN=C(N)N)NC(=O)[C@H](CCCCN)NC(=O)[C@@H](N)CCCN=C(N)N)C(=O)O. The van der Waals surface area contributed by atoms with E-state index in [2.05, 4.69) is 41.6 Å². The van der Waals surface area contributed by atoms with Gasteiger partial charge in [0.2, 0.25) is 29.5 Å². The third-order valence-electron chi connectivity index (χ3n) is 9.18. The lowest BCUT2D eigenvalue weighted by Crippen LogP contribution is -2.59. The molecule has 25 nitrogen and oxygen atoms in total. The van der Waals surface area contributed by atoms with Crippen LogP contribution in [0.2, 0.25) is 0 Å². The van der Waals surface area contributed by atoms with Gasteiger partial charge >= 0.3 is 5.97 Å². The third-order valence-corrected chi connectivity index (χ3v) is 9.18. The first-order chi connectivity index (χ1) is 29.0. The second kappa shape index (κ2) is 33.2. The standard InChI is InChI=1S/C36H74N18O7/c37-16-4-1-11-23(50-28(55)22(40)10-7-19-47-34(41)42)29(56)52-25(14-8-20-48-35(43)44)31(58)51-24(12-2-5-17-38)30(57)53-26(15-9-21-49-36(45)46)32(59)54-27(33(60)61)13-3-6-18-39/h22-27H,1-21,37-40H2,(H,50,55)(H,51,58)(H,52,56)(H,53,57)(H,54,59)(H,60,61)(H4,41,42,47)(H4,43,44,48)(H4,45,46,49)/t22-,23-,24-,25-,26-,27-/m0/s1. The van der Waals surface area contributed by atoms with E-state index in [4.69, 9.17) is 57.3 Å². The number of unbranched alkanes of at least 4 members (excludes halogenated alkanes) is 3. The maximum atomic E-state index is 14.0. The number of aliphatic carboxylic acids is 1. The van der Waals surface area contributed by atoms with Crippen molar-refractivity contribution in [3.63, 3.8) is 0 Å². The van der Waals surface area contributed by atoms with Crippen LogP contribution in [0.5, 0.6) is 0 Å². The summed E-state index contributed by atoms with van der Waals surface area (Å²) < 4.78 is 0. The molecule has 0 rings (SSSR count). The Kier molecular flexibility index (Phi) is 30.2. The number of carboxylic acid groups (broad SMARTS) is 1. The number of carbonyl (C=O) groups excluding carboxylic acids is 5. The first-order valence-corrected chi connectivity index (χ1v) is 20.7. The lowest BCUT2D eigenvalue weighted by Gasteiger charge is -2.27. The fourth-order valence-corrected chi connectivity index (χ4v) is 5.84. The van der Waals surface area contributed by atoms with Crippen LogP contribution in [0.3, 0.4) is 0 Å². The topological polar surface area (TPSA) is 480 Å². The van der Waals surface area contributed by atoms with Crippen molar-refractivity contribution < 1.29 is 33.9 Å². The molecule has 0 aliphatic heterocycles. The number of rotatable bonds is 35. The van der Waals surface area contributed by atoms with Crippen LogP contribution in [0.15, 0.2) is 15.0 Å². The zero-order valence-corrected chi connectivity index (χ0v) is 35.3. The Balaban J connectivity index is 6.49. The van der Waals surface area contributed by atoms with Crippen molar-refractivity contribution in [3.8, 4) is 0 Å². The molecule has 0 aromatic heterocycles. The van der Waals surface area contributed by atoms with Crippen molar-refractivity contribution in [2.45, 2.75) is 133 Å². The molecule has 0 unspecified atom stereocenters. The Hall–Kier alpha value is -5.53. The molecule has 0 saturated heterocycles. The van der Waals surface area contributed by atoms with E-state index in [9.17, 15) is 33.9 Å². The van der Waals surface area contributed by atoms with Crippen LogP contribution in [-0.4, -0.2) is 134 Å². The zero-order chi connectivity index (χ0) is 46.2. The number of hydrogen-bond donors (Lipinski definition) is 16. The molecule has 0 saturated carbocycles. The summed E-state index contributed by atoms with van der Waals surface area (Å²) in [6.07, 6.45) is 4.30. The first kappa shape index (κ1) is 55.5. The third kappa shape index (κ3) is 27.0. The highest BCUT2D eigenvalue weighted by molar-refractivity contribution is 5.96. The van der Waals surface area contributed by atoms with Gasteiger partial charge in [-0.25, -0.2) is 4.79 Å². The van der Waals surface area contributed by atoms with E-state index < -0.39 is 71.8 Å². The highest BCUT2D eigenvalue weighted by Gasteiger charge is 2.32. The lowest BCUT2D eigenvalue weighted by molar-refractivity contribution is -0.142. The number of nitrogens with two attached hydrogens (primary N) is 10. The molecule has 0 fully saturated rings. The molecule has 0 aromatic carbocycles. The number of hydrogen-bond acceptors (Lipinski definition) is 13. The number of nitrogens with zero attached hydrogens (tertiary/aromatic N) is 3. The van der Waals surface area contributed by atoms with Gasteiger partial charge in [-0.2, -0.15) is 0 Å². The molecular weight excluding hydrogens is 797 g/mol. The second-order valence-corrected chi connectivity index (χ2v) is 14.5. The van der Waals surface area contributed by atoms with Crippen molar-refractivity contribution in [2.75, 3.05) is 39.3 Å². The largest absolute Gasteiger partial charge is 0.480 e. The van der Waals surface area contributed by atoms with Crippen LogP contribution >= 0.6 is 0 Å². The van der Waals surface area contributed by atoms with Crippen LogP contribution < -0.4 is 83.9 Å². The summed E-state index contributed by atoms with van der Waals surface area (Å²) in [6.45, 7) is 1.43. The van der Waals surface area contributed by atoms with Gasteiger partial charge in [-0.1, -0.05) is 0 Å². The summed E-state index contributed by atoms with van der Waals surface area (Å²) >= 11 is 0. The molecule has 0 aromatic rings. The van der Waals surface area contributed by atoms with E-state index in [0.29, 0.717) is 64.6 Å². The lowest BCUT2D eigenvalue weighted by atomic mass is 10.0. The Morgan fingerprint density at radius 3 is 0.951 bits per heavy atom. The number of amides is 5. The van der Waals surface area contributed by atoms with Gasteiger partial charge in [0.1, 0.15) is 30.2 Å². The van der Waals surface area contributed by atoms with E-state index >= 15 is 0 Å². The predicted octanol–water partition coefficient (Wildman–Crippen LogP) is -5.63. The molecule has 0 aliphatic carbocycles. The van der Waals surface area contributed by atoms with Gasteiger partial charge in [0.05, 0.1) is 6.04 Å². The minimum Gasteiger partial charge on any atom is -0.480 e.